The zero-order valence-corrected chi connectivity index (χ0v) is 9.79. The summed E-state index contributed by atoms with van der Waals surface area (Å²) in [4.78, 5) is 12.4. The maximum absolute atomic E-state index is 10.8. The molecule has 14 heavy (non-hydrogen) atoms. The standard InChI is InChI=1S/C9H17NO2.C2H6/c1-7(2)8-5-3-4-6-10(8)9(11)12;1-2/h7-8H,3-6H2,1-2H3,(H,11,12);1-2H3. The lowest BCUT2D eigenvalue weighted by molar-refractivity contribution is 0.0893. The highest BCUT2D eigenvalue weighted by Gasteiger charge is 2.28. The van der Waals surface area contributed by atoms with Crippen molar-refractivity contribution >= 4 is 6.09 Å². The predicted octanol–water partition coefficient (Wildman–Crippen LogP) is 3.20. The van der Waals surface area contributed by atoms with Crippen LogP contribution in [0.3, 0.4) is 0 Å². The van der Waals surface area contributed by atoms with Crippen LogP contribution in [-0.4, -0.2) is 28.7 Å². The summed E-state index contributed by atoms with van der Waals surface area (Å²) in [5.74, 6) is 0.446. The average Bonchev–Trinajstić information content (AvgIpc) is 2.20. The molecule has 3 nitrogen and oxygen atoms in total. The highest BCUT2D eigenvalue weighted by Crippen LogP contribution is 2.22. The minimum atomic E-state index is -0.756. The third kappa shape index (κ3) is 3.56. The largest absolute Gasteiger partial charge is 0.465 e. The fraction of sp³-hybridized carbons (Fsp3) is 0.909. The maximum atomic E-state index is 10.8. The Balaban J connectivity index is 0.000000791. The SMILES string of the molecule is CC.CC(C)C1CCCCN1C(=O)O. The normalized spacial score (nSPS) is 21.5. The maximum Gasteiger partial charge on any atom is 0.407 e. The molecule has 3 heteroatoms. The van der Waals surface area contributed by atoms with Gasteiger partial charge in [0, 0.05) is 12.6 Å². The van der Waals surface area contributed by atoms with Crippen molar-refractivity contribution < 1.29 is 9.90 Å². The molecule has 0 aromatic carbocycles. The molecule has 1 aliphatic heterocycles. The van der Waals surface area contributed by atoms with Crippen molar-refractivity contribution in [1.82, 2.24) is 4.90 Å². The molecule has 1 aliphatic rings. The summed E-state index contributed by atoms with van der Waals surface area (Å²) in [5.41, 5.74) is 0. The molecule has 0 bridgehead atoms. The van der Waals surface area contributed by atoms with Crippen molar-refractivity contribution in [2.24, 2.45) is 5.92 Å². The lowest BCUT2D eigenvalue weighted by Crippen LogP contribution is -2.45. The molecule has 1 saturated heterocycles. The van der Waals surface area contributed by atoms with Crippen molar-refractivity contribution in [1.29, 1.82) is 0 Å². The van der Waals surface area contributed by atoms with Gasteiger partial charge in [-0.2, -0.15) is 0 Å². The predicted molar refractivity (Wildman–Crippen MR) is 58.6 cm³/mol. The molecule has 0 aliphatic carbocycles. The van der Waals surface area contributed by atoms with Crippen molar-refractivity contribution in [3.05, 3.63) is 0 Å². The molecule has 1 heterocycles. The Morgan fingerprint density at radius 2 is 1.93 bits per heavy atom. The summed E-state index contributed by atoms with van der Waals surface area (Å²) >= 11 is 0. The Hall–Kier alpha value is -0.730. The van der Waals surface area contributed by atoms with E-state index in [4.69, 9.17) is 5.11 Å². The van der Waals surface area contributed by atoms with Crippen LogP contribution in [0.4, 0.5) is 4.79 Å². The lowest BCUT2D eigenvalue weighted by atomic mass is 9.93. The zero-order chi connectivity index (χ0) is 11.1. The van der Waals surface area contributed by atoms with Gasteiger partial charge in [-0.25, -0.2) is 4.79 Å². The first kappa shape index (κ1) is 13.3. The van der Waals surface area contributed by atoms with Gasteiger partial charge in [-0.15, -0.1) is 0 Å². The number of piperidine rings is 1. The van der Waals surface area contributed by atoms with E-state index in [1.165, 1.54) is 6.42 Å². The number of carbonyl (C=O) groups is 1. The fourth-order valence-electron chi connectivity index (χ4n) is 1.89. The Bertz CT molecular complexity index is 169. The first-order chi connectivity index (χ1) is 6.63. The number of amides is 1. The average molecular weight is 201 g/mol. The lowest BCUT2D eigenvalue weighted by Gasteiger charge is -2.36. The van der Waals surface area contributed by atoms with Gasteiger partial charge in [-0.3, -0.25) is 0 Å². The first-order valence-electron chi connectivity index (χ1n) is 5.62. The molecular weight excluding hydrogens is 178 g/mol. The van der Waals surface area contributed by atoms with Crippen LogP contribution in [-0.2, 0) is 0 Å². The zero-order valence-electron chi connectivity index (χ0n) is 9.79. The molecule has 0 radical (unpaired) electrons. The monoisotopic (exact) mass is 201 g/mol. The van der Waals surface area contributed by atoms with Gasteiger partial charge >= 0.3 is 6.09 Å². The van der Waals surface area contributed by atoms with Gasteiger partial charge < -0.3 is 10.0 Å². The molecule has 1 rings (SSSR count). The van der Waals surface area contributed by atoms with E-state index in [1.807, 2.05) is 13.8 Å². The molecule has 1 fully saturated rings. The third-order valence-corrected chi connectivity index (χ3v) is 2.56. The van der Waals surface area contributed by atoms with E-state index >= 15 is 0 Å². The van der Waals surface area contributed by atoms with Gasteiger partial charge in [0.05, 0.1) is 0 Å². The van der Waals surface area contributed by atoms with Crippen LogP contribution < -0.4 is 0 Å². The van der Waals surface area contributed by atoms with E-state index in [9.17, 15) is 4.79 Å². The van der Waals surface area contributed by atoms with Crippen LogP contribution in [0.1, 0.15) is 47.0 Å². The van der Waals surface area contributed by atoms with Crippen molar-refractivity contribution in [2.75, 3.05) is 6.54 Å². The summed E-state index contributed by atoms with van der Waals surface area (Å²) in [5, 5.41) is 8.88. The summed E-state index contributed by atoms with van der Waals surface area (Å²) < 4.78 is 0. The Labute approximate surface area is 87.1 Å². The second kappa shape index (κ2) is 6.68. The van der Waals surface area contributed by atoms with Gasteiger partial charge in [0.2, 0.25) is 0 Å². The van der Waals surface area contributed by atoms with Crippen molar-refractivity contribution in [2.45, 2.75) is 53.0 Å². The Morgan fingerprint density at radius 3 is 2.29 bits per heavy atom. The van der Waals surface area contributed by atoms with Gasteiger partial charge in [-0.1, -0.05) is 27.7 Å². The van der Waals surface area contributed by atoms with Crippen LogP contribution in [0, 0.1) is 5.92 Å². The number of carboxylic acid groups (broad SMARTS) is 1. The molecule has 1 N–H and O–H groups in total. The topological polar surface area (TPSA) is 40.5 Å². The molecule has 0 saturated carbocycles. The van der Waals surface area contributed by atoms with Crippen LogP contribution in [0.15, 0.2) is 0 Å². The van der Waals surface area contributed by atoms with Crippen LogP contribution in [0.5, 0.6) is 0 Å². The molecule has 84 valence electrons. The van der Waals surface area contributed by atoms with Gasteiger partial charge in [0.1, 0.15) is 0 Å². The van der Waals surface area contributed by atoms with E-state index in [0.717, 1.165) is 19.4 Å². The van der Waals surface area contributed by atoms with Crippen LogP contribution in [0.25, 0.3) is 0 Å². The minimum absolute atomic E-state index is 0.247. The molecule has 1 unspecified atom stereocenters. The second-order valence-electron chi connectivity index (χ2n) is 3.78. The van der Waals surface area contributed by atoms with E-state index < -0.39 is 6.09 Å². The van der Waals surface area contributed by atoms with E-state index in [2.05, 4.69) is 13.8 Å². The minimum Gasteiger partial charge on any atom is -0.465 e. The van der Waals surface area contributed by atoms with E-state index in [0.29, 0.717) is 5.92 Å². The molecule has 0 spiro atoms. The van der Waals surface area contributed by atoms with Gasteiger partial charge in [0.15, 0.2) is 0 Å². The summed E-state index contributed by atoms with van der Waals surface area (Å²) in [6.45, 7) is 8.90. The van der Waals surface area contributed by atoms with E-state index in [1.54, 1.807) is 4.90 Å². The summed E-state index contributed by atoms with van der Waals surface area (Å²) in [6.07, 6.45) is 2.47. The number of likely N-dealkylation sites (tertiary alicyclic amines) is 1. The van der Waals surface area contributed by atoms with Crippen LogP contribution >= 0.6 is 0 Å². The molecule has 1 atom stereocenters. The van der Waals surface area contributed by atoms with Crippen LogP contribution in [0.2, 0.25) is 0 Å². The van der Waals surface area contributed by atoms with Crippen molar-refractivity contribution in [3.63, 3.8) is 0 Å². The van der Waals surface area contributed by atoms with Gasteiger partial charge in [-0.05, 0) is 25.2 Å². The van der Waals surface area contributed by atoms with Gasteiger partial charge in [0.25, 0.3) is 0 Å². The molecule has 0 aromatic rings. The highest BCUT2D eigenvalue weighted by molar-refractivity contribution is 5.65. The third-order valence-electron chi connectivity index (χ3n) is 2.56. The smallest absolute Gasteiger partial charge is 0.407 e. The number of hydrogen-bond donors (Lipinski definition) is 1. The molecule has 1 amide bonds. The first-order valence-corrected chi connectivity index (χ1v) is 5.62. The van der Waals surface area contributed by atoms with E-state index in [-0.39, 0.29) is 6.04 Å². The van der Waals surface area contributed by atoms with Crippen molar-refractivity contribution in [3.8, 4) is 0 Å². The summed E-state index contributed by atoms with van der Waals surface area (Å²) in [7, 11) is 0. The Morgan fingerprint density at radius 1 is 1.36 bits per heavy atom. The highest BCUT2D eigenvalue weighted by atomic mass is 16.4. The quantitative estimate of drug-likeness (QED) is 0.707. The number of hydrogen-bond acceptors (Lipinski definition) is 1. The Kier molecular flexibility index (Phi) is 6.34. The number of rotatable bonds is 1. The molecule has 0 aromatic heterocycles. The molecular formula is C11H23NO2. The second-order valence-corrected chi connectivity index (χ2v) is 3.78. The fourth-order valence-corrected chi connectivity index (χ4v) is 1.89. The summed E-state index contributed by atoms with van der Waals surface area (Å²) in [6, 6.07) is 0.247. The number of nitrogens with zero attached hydrogens (tertiary/aromatic N) is 1.